The second-order valence-corrected chi connectivity index (χ2v) is 5.99. The standard InChI is InChI=1S/C16H9Cl2F6NO2/c17-8-5-6-9(10(18)7-8)13(26)25-11-3-1-2-4-12(11)27-16(23,24)14(19)15(20,21)22/h1-7,14H,(H,25,26)/t14-/m1/s1. The molecule has 1 N–H and O–H groups in total. The van der Waals surface area contributed by atoms with Crippen molar-refractivity contribution in [2.75, 3.05) is 5.32 Å². The summed E-state index contributed by atoms with van der Waals surface area (Å²) in [5.41, 5.74) is -0.496. The van der Waals surface area contributed by atoms with Gasteiger partial charge in [-0.05, 0) is 30.3 Å². The lowest BCUT2D eigenvalue weighted by Crippen LogP contribution is -2.45. The highest BCUT2D eigenvalue weighted by Gasteiger charge is 2.59. The molecule has 0 aromatic heterocycles. The summed E-state index contributed by atoms with van der Waals surface area (Å²) < 4.78 is 80.6. The molecular formula is C16H9Cl2F6NO2. The molecule has 0 heterocycles. The van der Waals surface area contributed by atoms with Gasteiger partial charge >= 0.3 is 12.3 Å². The van der Waals surface area contributed by atoms with Gasteiger partial charge in [-0.3, -0.25) is 4.79 Å². The molecular weight excluding hydrogens is 423 g/mol. The number of nitrogens with one attached hydrogen (secondary N) is 1. The maximum absolute atomic E-state index is 13.5. The minimum atomic E-state index is -5.83. The minimum absolute atomic E-state index is 0.0513. The summed E-state index contributed by atoms with van der Waals surface area (Å²) in [6.45, 7) is 0. The fourth-order valence-corrected chi connectivity index (χ4v) is 2.41. The van der Waals surface area contributed by atoms with Crippen molar-refractivity contribution in [3.05, 3.63) is 58.1 Å². The van der Waals surface area contributed by atoms with E-state index in [1.165, 1.54) is 24.3 Å². The van der Waals surface area contributed by atoms with Crippen molar-refractivity contribution in [1.29, 1.82) is 0 Å². The third kappa shape index (κ3) is 5.20. The highest BCUT2D eigenvalue weighted by Crippen LogP contribution is 2.38. The van der Waals surface area contributed by atoms with Crippen LogP contribution >= 0.6 is 23.2 Å². The average molecular weight is 432 g/mol. The Morgan fingerprint density at radius 1 is 1.04 bits per heavy atom. The van der Waals surface area contributed by atoms with Gasteiger partial charge in [-0.15, -0.1) is 0 Å². The molecule has 3 nitrogen and oxygen atoms in total. The Hall–Kier alpha value is -2.13. The SMILES string of the molecule is O=C(Nc1ccccc1OC(F)(F)[C@H](F)C(F)(F)F)c1ccc(Cl)cc1Cl. The molecule has 11 heteroatoms. The molecule has 1 amide bonds. The molecule has 0 spiro atoms. The summed E-state index contributed by atoms with van der Waals surface area (Å²) in [6, 6.07) is 8.21. The van der Waals surface area contributed by atoms with Crippen LogP contribution in [0.25, 0.3) is 0 Å². The summed E-state index contributed by atoms with van der Waals surface area (Å²) >= 11 is 11.6. The maximum atomic E-state index is 13.5. The van der Waals surface area contributed by atoms with Gasteiger partial charge in [0.1, 0.15) is 5.75 Å². The molecule has 0 aliphatic rings. The molecule has 27 heavy (non-hydrogen) atoms. The zero-order valence-electron chi connectivity index (χ0n) is 13.0. The van der Waals surface area contributed by atoms with Gasteiger partial charge in [-0.1, -0.05) is 35.3 Å². The van der Waals surface area contributed by atoms with E-state index in [9.17, 15) is 31.1 Å². The second kappa shape index (κ2) is 7.85. The van der Waals surface area contributed by atoms with E-state index in [-0.39, 0.29) is 15.6 Å². The first-order chi connectivity index (χ1) is 12.4. The molecule has 0 fully saturated rings. The number of hydrogen-bond donors (Lipinski definition) is 1. The number of para-hydroxylation sites is 2. The number of halogens is 8. The first-order valence-corrected chi connectivity index (χ1v) is 7.80. The van der Waals surface area contributed by atoms with Crippen LogP contribution in [0.5, 0.6) is 5.75 Å². The number of alkyl halides is 6. The van der Waals surface area contributed by atoms with Crippen LogP contribution in [0.3, 0.4) is 0 Å². The highest BCUT2D eigenvalue weighted by atomic mass is 35.5. The van der Waals surface area contributed by atoms with E-state index in [4.69, 9.17) is 23.2 Å². The van der Waals surface area contributed by atoms with Gasteiger partial charge in [0.15, 0.2) is 0 Å². The quantitative estimate of drug-likeness (QED) is 0.579. The predicted octanol–water partition coefficient (Wildman–Crippen LogP) is 6.12. The monoisotopic (exact) mass is 431 g/mol. The van der Waals surface area contributed by atoms with Crippen molar-refractivity contribution in [2.45, 2.75) is 18.5 Å². The van der Waals surface area contributed by atoms with Crippen LogP contribution in [0.2, 0.25) is 10.0 Å². The van der Waals surface area contributed by atoms with Gasteiger partial charge in [0.25, 0.3) is 12.1 Å². The van der Waals surface area contributed by atoms with Crippen molar-refractivity contribution in [3.63, 3.8) is 0 Å². The third-order valence-corrected chi connectivity index (χ3v) is 3.69. The lowest BCUT2D eigenvalue weighted by Gasteiger charge is -2.24. The Morgan fingerprint density at radius 3 is 2.26 bits per heavy atom. The summed E-state index contributed by atoms with van der Waals surface area (Å²) in [6.07, 6.45) is -15.6. The highest BCUT2D eigenvalue weighted by molar-refractivity contribution is 6.37. The van der Waals surface area contributed by atoms with Gasteiger partial charge in [0.05, 0.1) is 16.3 Å². The average Bonchev–Trinajstić information content (AvgIpc) is 2.54. The Balaban J connectivity index is 2.26. The van der Waals surface area contributed by atoms with E-state index in [0.717, 1.165) is 18.2 Å². The Labute approximate surface area is 158 Å². The number of amides is 1. The summed E-state index contributed by atoms with van der Waals surface area (Å²) in [7, 11) is 0. The third-order valence-electron chi connectivity index (χ3n) is 3.14. The minimum Gasteiger partial charge on any atom is -0.428 e. The molecule has 0 bridgehead atoms. The number of hydrogen-bond acceptors (Lipinski definition) is 2. The first kappa shape index (κ1) is 21.2. The number of benzene rings is 2. The topological polar surface area (TPSA) is 38.3 Å². The lowest BCUT2D eigenvalue weighted by molar-refractivity contribution is -0.304. The smallest absolute Gasteiger partial charge is 0.428 e. The molecule has 2 rings (SSSR count). The number of rotatable bonds is 5. The van der Waals surface area contributed by atoms with Crippen molar-refractivity contribution in [3.8, 4) is 5.75 Å². The number of carbonyl (C=O) groups is 1. The fourth-order valence-electron chi connectivity index (χ4n) is 1.91. The lowest BCUT2D eigenvalue weighted by atomic mass is 10.2. The first-order valence-electron chi connectivity index (χ1n) is 7.05. The Bertz CT molecular complexity index is 844. The molecule has 0 radical (unpaired) electrons. The van der Waals surface area contributed by atoms with Crippen LogP contribution in [-0.4, -0.2) is 24.4 Å². The molecule has 0 aliphatic carbocycles. The van der Waals surface area contributed by atoms with Gasteiger partial charge < -0.3 is 10.1 Å². The molecule has 0 saturated heterocycles. The molecule has 1 atom stereocenters. The van der Waals surface area contributed by atoms with Crippen molar-refractivity contribution < 1.29 is 35.9 Å². The number of anilines is 1. The Morgan fingerprint density at radius 2 is 1.67 bits per heavy atom. The number of ether oxygens (including phenoxy) is 1. The molecule has 0 saturated carbocycles. The van der Waals surface area contributed by atoms with E-state index in [1.807, 2.05) is 0 Å². The molecule has 146 valence electrons. The molecule has 0 unspecified atom stereocenters. The van der Waals surface area contributed by atoms with Crippen molar-refractivity contribution in [2.24, 2.45) is 0 Å². The molecule has 2 aromatic rings. The van der Waals surface area contributed by atoms with E-state index >= 15 is 0 Å². The van der Waals surface area contributed by atoms with Crippen molar-refractivity contribution >= 4 is 34.8 Å². The van der Waals surface area contributed by atoms with Crippen LogP contribution in [0.4, 0.5) is 32.0 Å². The van der Waals surface area contributed by atoms with Crippen LogP contribution < -0.4 is 10.1 Å². The summed E-state index contributed by atoms with van der Waals surface area (Å²) in [4.78, 5) is 12.2. The van der Waals surface area contributed by atoms with Crippen LogP contribution in [0.1, 0.15) is 10.4 Å². The number of carbonyl (C=O) groups excluding carboxylic acids is 1. The summed E-state index contributed by atoms with van der Waals surface area (Å²) in [5.74, 6) is -1.74. The normalized spacial score (nSPS) is 13.2. The van der Waals surface area contributed by atoms with Crippen LogP contribution in [0.15, 0.2) is 42.5 Å². The Kier molecular flexibility index (Phi) is 6.16. The second-order valence-electron chi connectivity index (χ2n) is 5.14. The largest absolute Gasteiger partial charge is 0.439 e. The molecule has 0 aliphatic heterocycles. The van der Waals surface area contributed by atoms with E-state index in [0.29, 0.717) is 0 Å². The van der Waals surface area contributed by atoms with E-state index < -0.39 is 35.8 Å². The molecule has 2 aromatic carbocycles. The van der Waals surface area contributed by atoms with Gasteiger partial charge in [0.2, 0.25) is 0 Å². The van der Waals surface area contributed by atoms with Crippen molar-refractivity contribution in [1.82, 2.24) is 0 Å². The van der Waals surface area contributed by atoms with Gasteiger partial charge in [-0.25, -0.2) is 4.39 Å². The van der Waals surface area contributed by atoms with E-state index in [2.05, 4.69) is 10.1 Å². The fraction of sp³-hybridized carbons (Fsp3) is 0.188. The summed E-state index contributed by atoms with van der Waals surface area (Å²) in [5, 5.41) is 2.34. The van der Waals surface area contributed by atoms with Crippen LogP contribution in [0, 0.1) is 0 Å². The predicted molar refractivity (Wildman–Crippen MR) is 87.4 cm³/mol. The van der Waals surface area contributed by atoms with E-state index in [1.54, 1.807) is 0 Å². The van der Waals surface area contributed by atoms with Crippen LogP contribution in [-0.2, 0) is 0 Å². The van der Waals surface area contributed by atoms with Gasteiger partial charge in [-0.2, -0.15) is 22.0 Å². The zero-order chi connectivity index (χ0) is 20.4. The zero-order valence-corrected chi connectivity index (χ0v) is 14.5. The van der Waals surface area contributed by atoms with Gasteiger partial charge in [0, 0.05) is 5.02 Å². The maximum Gasteiger partial charge on any atom is 0.439 e.